The third-order valence-corrected chi connectivity index (χ3v) is 4.50. The van der Waals surface area contributed by atoms with Crippen molar-refractivity contribution in [1.82, 2.24) is 0 Å². The molecule has 1 N–H and O–H groups in total. The van der Waals surface area contributed by atoms with Gasteiger partial charge in [0.05, 0.1) is 5.56 Å². The summed E-state index contributed by atoms with van der Waals surface area (Å²) in [5.74, 6) is -2.66. The number of nitrogens with one attached hydrogen (secondary N) is 1. The molecule has 0 spiro atoms. The highest BCUT2D eigenvalue weighted by Gasteiger charge is 2.23. The number of hydrogen-bond donors (Lipinski definition) is 1. The molecule has 9 heteroatoms. The van der Waals surface area contributed by atoms with Gasteiger partial charge in [-0.15, -0.1) is 0 Å². The second-order valence-electron chi connectivity index (χ2n) is 6.82. The van der Waals surface area contributed by atoms with Gasteiger partial charge in [-0.1, -0.05) is 18.2 Å². The van der Waals surface area contributed by atoms with E-state index in [1.165, 1.54) is 61.5 Å². The average Bonchev–Trinajstić information content (AvgIpc) is 2.80. The van der Waals surface area contributed by atoms with Crippen molar-refractivity contribution >= 4 is 23.3 Å². The number of halogens is 3. The minimum absolute atomic E-state index is 0.0383. The molecule has 0 aliphatic heterocycles. The maximum Gasteiger partial charge on any atom is 0.387 e. The molecule has 0 aliphatic rings. The van der Waals surface area contributed by atoms with Crippen molar-refractivity contribution in [2.75, 3.05) is 5.32 Å². The Morgan fingerprint density at radius 3 is 2.06 bits per heavy atom. The Kier molecular flexibility index (Phi) is 7.45. The molecule has 0 fully saturated rings. The first-order valence-corrected chi connectivity index (χ1v) is 9.70. The Labute approximate surface area is 186 Å². The number of carbonyl (C=O) groups is 3. The molecule has 0 aromatic heterocycles. The van der Waals surface area contributed by atoms with Gasteiger partial charge in [0.1, 0.15) is 11.6 Å². The second kappa shape index (κ2) is 10.4. The fourth-order valence-corrected chi connectivity index (χ4v) is 2.86. The van der Waals surface area contributed by atoms with Crippen LogP contribution in [0.3, 0.4) is 0 Å². The maximum atomic E-state index is 13.1. The molecule has 0 bridgehead atoms. The van der Waals surface area contributed by atoms with E-state index in [2.05, 4.69) is 10.1 Å². The summed E-state index contributed by atoms with van der Waals surface area (Å²) in [5, 5.41) is 2.49. The lowest BCUT2D eigenvalue weighted by atomic mass is 9.98. The average molecular weight is 457 g/mol. The summed E-state index contributed by atoms with van der Waals surface area (Å²) < 4.78 is 47.0. The monoisotopic (exact) mass is 457 g/mol. The van der Waals surface area contributed by atoms with Crippen LogP contribution in [0, 0.1) is 5.82 Å². The summed E-state index contributed by atoms with van der Waals surface area (Å²) in [6.45, 7) is -1.63. The van der Waals surface area contributed by atoms with Crippen LogP contribution in [0.4, 0.5) is 18.9 Å². The molecule has 1 amide bonds. The molecule has 0 aliphatic carbocycles. The highest BCUT2D eigenvalue weighted by Crippen LogP contribution is 2.19. The van der Waals surface area contributed by atoms with Crippen LogP contribution in [-0.2, 0) is 9.53 Å². The first kappa shape index (κ1) is 23.5. The van der Waals surface area contributed by atoms with E-state index >= 15 is 0 Å². The first-order valence-electron chi connectivity index (χ1n) is 9.70. The smallest absolute Gasteiger partial charge is 0.387 e. The quantitative estimate of drug-likeness (QED) is 0.387. The lowest BCUT2D eigenvalue weighted by Gasteiger charge is -2.15. The van der Waals surface area contributed by atoms with Crippen LogP contribution in [0.1, 0.15) is 33.2 Å². The summed E-state index contributed by atoms with van der Waals surface area (Å²) in [6.07, 6.45) is -1.23. The molecule has 0 saturated carbocycles. The Hall–Kier alpha value is -4.14. The van der Waals surface area contributed by atoms with Crippen molar-refractivity contribution in [3.05, 3.63) is 95.3 Å². The van der Waals surface area contributed by atoms with E-state index in [0.29, 0.717) is 0 Å². The molecule has 3 rings (SSSR count). The minimum Gasteiger partial charge on any atom is -0.449 e. The largest absolute Gasteiger partial charge is 0.449 e. The molecule has 1 atom stereocenters. The Morgan fingerprint density at radius 1 is 0.848 bits per heavy atom. The van der Waals surface area contributed by atoms with Crippen molar-refractivity contribution in [3.63, 3.8) is 0 Å². The fraction of sp³-hybridized carbons (Fsp3) is 0.125. The van der Waals surface area contributed by atoms with E-state index in [4.69, 9.17) is 4.74 Å². The minimum atomic E-state index is -2.97. The standard InChI is InChI=1S/C24H18F3NO5/c1-14(22(30)28-17-10-12-18(13-11-17)33-24(26)27)32-23(31)20-5-3-2-4-19(20)21(29)15-6-8-16(25)9-7-15/h2-14,24H,1H3,(H,28,30)/t14-/m1/s1. The molecular weight excluding hydrogens is 439 g/mol. The molecule has 0 heterocycles. The number of anilines is 1. The van der Waals surface area contributed by atoms with E-state index in [1.807, 2.05) is 0 Å². The van der Waals surface area contributed by atoms with Gasteiger partial charge < -0.3 is 14.8 Å². The van der Waals surface area contributed by atoms with Crippen LogP contribution in [0.15, 0.2) is 72.8 Å². The van der Waals surface area contributed by atoms with E-state index in [0.717, 1.165) is 12.1 Å². The van der Waals surface area contributed by atoms with Crippen molar-refractivity contribution < 1.29 is 37.0 Å². The molecule has 3 aromatic carbocycles. The number of benzene rings is 3. The van der Waals surface area contributed by atoms with Crippen LogP contribution < -0.4 is 10.1 Å². The Bertz CT molecular complexity index is 1150. The molecule has 0 saturated heterocycles. The number of ether oxygens (including phenoxy) is 2. The number of amides is 1. The molecule has 170 valence electrons. The third-order valence-electron chi connectivity index (χ3n) is 4.50. The summed E-state index contributed by atoms with van der Waals surface area (Å²) in [7, 11) is 0. The van der Waals surface area contributed by atoms with E-state index in [1.54, 1.807) is 6.07 Å². The zero-order chi connectivity index (χ0) is 24.0. The summed E-state index contributed by atoms with van der Waals surface area (Å²) in [5.41, 5.74) is 0.439. The third kappa shape index (κ3) is 6.19. The molecule has 33 heavy (non-hydrogen) atoms. The molecular formula is C24H18F3NO5. The number of alkyl halides is 2. The van der Waals surface area contributed by atoms with Crippen molar-refractivity contribution in [2.24, 2.45) is 0 Å². The van der Waals surface area contributed by atoms with Crippen molar-refractivity contribution in [2.45, 2.75) is 19.6 Å². The zero-order valence-electron chi connectivity index (χ0n) is 17.3. The Balaban J connectivity index is 1.68. The molecule has 0 radical (unpaired) electrons. The van der Waals surface area contributed by atoms with Crippen molar-refractivity contribution in [3.8, 4) is 5.75 Å². The van der Waals surface area contributed by atoms with E-state index in [9.17, 15) is 27.6 Å². The van der Waals surface area contributed by atoms with Gasteiger partial charge in [0.15, 0.2) is 11.9 Å². The van der Waals surface area contributed by atoms with Crippen LogP contribution in [-0.4, -0.2) is 30.4 Å². The van der Waals surface area contributed by atoms with Gasteiger partial charge in [-0.25, -0.2) is 9.18 Å². The molecule has 6 nitrogen and oxygen atoms in total. The molecule has 0 unspecified atom stereocenters. The highest BCUT2D eigenvalue weighted by molar-refractivity contribution is 6.14. The number of ketones is 1. The number of rotatable bonds is 8. The maximum absolute atomic E-state index is 13.1. The number of carbonyl (C=O) groups excluding carboxylic acids is 3. The SMILES string of the molecule is C[C@@H](OC(=O)c1ccccc1C(=O)c1ccc(F)cc1)C(=O)Nc1ccc(OC(F)F)cc1. The Morgan fingerprint density at radius 2 is 1.45 bits per heavy atom. The summed E-state index contributed by atoms with van der Waals surface area (Å²) >= 11 is 0. The predicted molar refractivity (Wildman–Crippen MR) is 113 cm³/mol. The van der Waals surface area contributed by atoms with Crippen LogP contribution in [0.5, 0.6) is 5.75 Å². The normalized spacial score (nSPS) is 11.5. The highest BCUT2D eigenvalue weighted by atomic mass is 19.3. The second-order valence-corrected chi connectivity index (χ2v) is 6.82. The number of esters is 1. The lowest BCUT2D eigenvalue weighted by Crippen LogP contribution is -2.30. The van der Waals surface area contributed by atoms with E-state index < -0.39 is 36.2 Å². The number of hydrogen-bond acceptors (Lipinski definition) is 5. The summed E-state index contributed by atoms with van der Waals surface area (Å²) in [4.78, 5) is 37.8. The van der Waals surface area contributed by atoms with Gasteiger partial charge >= 0.3 is 12.6 Å². The zero-order valence-corrected chi connectivity index (χ0v) is 17.3. The van der Waals surface area contributed by atoms with Gasteiger partial charge in [0.2, 0.25) is 0 Å². The predicted octanol–water partition coefficient (Wildman–Crippen LogP) is 4.84. The van der Waals surface area contributed by atoms with Crippen LogP contribution in [0.25, 0.3) is 0 Å². The van der Waals surface area contributed by atoms with E-state index in [-0.39, 0.29) is 28.1 Å². The summed E-state index contributed by atoms with van der Waals surface area (Å²) in [6, 6.07) is 16.0. The molecule has 3 aromatic rings. The lowest BCUT2D eigenvalue weighted by molar-refractivity contribution is -0.123. The topological polar surface area (TPSA) is 81.7 Å². The van der Waals surface area contributed by atoms with Crippen molar-refractivity contribution in [1.29, 1.82) is 0 Å². The van der Waals surface area contributed by atoms with Crippen LogP contribution in [0.2, 0.25) is 0 Å². The van der Waals surface area contributed by atoms with Gasteiger partial charge in [-0.05, 0) is 61.5 Å². The fourth-order valence-electron chi connectivity index (χ4n) is 2.86. The van der Waals surface area contributed by atoms with Crippen LogP contribution >= 0.6 is 0 Å². The first-order chi connectivity index (χ1) is 15.7. The van der Waals surface area contributed by atoms with Gasteiger partial charge in [0, 0.05) is 16.8 Å². The van der Waals surface area contributed by atoms with Gasteiger partial charge in [-0.3, -0.25) is 9.59 Å². The van der Waals surface area contributed by atoms with Gasteiger partial charge in [-0.2, -0.15) is 8.78 Å². The van der Waals surface area contributed by atoms with Gasteiger partial charge in [0.25, 0.3) is 5.91 Å².